The summed E-state index contributed by atoms with van der Waals surface area (Å²) in [6.07, 6.45) is 2.82. The summed E-state index contributed by atoms with van der Waals surface area (Å²) in [5.41, 5.74) is 7.38. The highest BCUT2D eigenvalue weighted by Crippen LogP contribution is 2.38. The van der Waals surface area contributed by atoms with Gasteiger partial charge < -0.3 is 20.1 Å². The molecule has 3 N–H and O–H groups in total. The highest BCUT2D eigenvalue weighted by molar-refractivity contribution is 7.97. The monoisotopic (exact) mass is 576 g/mol. The normalized spacial score (nSPS) is 16.6. The lowest BCUT2D eigenvalue weighted by atomic mass is 10.0. The van der Waals surface area contributed by atoms with Crippen molar-refractivity contribution in [3.05, 3.63) is 76.2 Å². The zero-order chi connectivity index (χ0) is 29.3. The molecule has 3 aromatic rings. The number of sulfonamides is 1. The van der Waals surface area contributed by atoms with E-state index in [4.69, 9.17) is 20.6 Å². The molecule has 0 aromatic heterocycles. The van der Waals surface area contributed by atoms with Crippen LogP contribution in [0.4, 0.5) is 5.69 Å². The van der Waals surface area contributed by atoms with Gasteiger partial charge in [0.1, 0.15) is 11.9 Å². The number of hydrogen-bond donors (Lipinski definition) is 2. The van der Waals surface area contributed by atoms with Gasteiger partial charge in [0.25, 0.3) is 10.0 Å². The number of hydrogen-bond acceptors (Lipinski definition) is 7. The Hall–Kier alpha value is -4.38. The van der Waals surface area contributed by atoms with E-state index in [9.17, 15) is 18.0 Å². The van der Waals surface area contributed by atoms with E-state index in [1.165, 1.54) is 10.4 Å². The Labute approximate surface area is 238 Å². The molecule has 0 spiro atoms. The molecule has 0 aliphatic carbocycles. The summed E-state index contributed by atoms with van der Waals surface area (Å²) in [7, 11) is -4.25. The molecule has 10 nitrogen and oxygen atoms in total. The maximum absolute atomic E-state index is 13.7. The first kappa shape index (κ1) is 28.2. The Morgan fingerprint density at radius 1 is 1.02 bits per heavy atom. The molecule has 2 heterocycles. The van der Waals surface area contributed by atoms with Crippen molar-refractivity contribution < 1.29 is 27.5 Å². The number of carbonyl (C=O) groups is 2. The molecular weight excluding hydrogens is 544 g/mol. The number of nitrogens with one attached hydrogen (secondary N) is 1. The first-order valence-corrected chi connectivity index (χ1v) is 14.9. The third kappa shape index (κ3) is 5.76. The van der Waals surface area contributed by atoms with Crippen LogP contribution in [0, 0.1) is 5.41 Å². The van der Waals surface area contributed by atoms with Crippen LogP contribution in [-0.2, 0) is 26.1 Å². The minimum atomic E-state index is -4.25. The topological polar surface area (TPSA) is 143 Å². The number of esters is 1. The van der Waals surface area contributed by atoms with Crippen LogP contribution in [0.25, 0.3) is 16.8 Å². The number of anilines is 1. The van der Waals surface area contributed by atoms with E-state index in [1.807, 2.05) is 17.0 Å². The number of fused-ring (bicyclic) bond motifs is 2. The number of primary amides is 1. The zero-order valence-electron chi connectivity index (χ0n) is 22.9. The van der Waals surface area contributed by atoms with Gasteiger partial charge in [0, 0.05) is 37.1 Å². The molecule has 1 saturated heterocycles. The molecule has 41 heavy (non-hydrogen) atoms. The molecule has 0 unspecified atom stereocenters. The van der Waals surface area contributed by atoms with Crippen LogP contribution in [0.15, 0.2) is 59.5 Å². The molecule has 0 radical (unpaired) electrons. The number of rotatable bonds is 7. The Morgan fingerprint density at radius 3 is 2.44 bits per heavy atom. The molecule has 0 saturated carbocycles. The number of piperidine rings is 1. The predicted octanol–water partition coefficient (Wildman–Crippen LogP) is 4.03. The van der Waals surface area contributed by atoms with E-state index in [1.54, 1.807) is 56.3 Å². The lowest BCUT2D eigenvalue weighted by Crippen LogP contribution is -2.40. The number of carbonyl (C=O) groups excluding carboxylic acids is 2. The van der Waals surface area contributed by atoms with Crippen LogP contribution in [0.2, 0.25) is 0 Å². The molecule has 5 rings (SSSR count). The van der Waals surface area contributed by atoms with Gasteiger partial charge in [-0.05, 0) is 72.7 Å². The lowest BCUT2D eigenvalue weighted by Gasteiger charge is -2.33. The molecule has 2 aliphatic heterocycles. The number of likely N-dealkylation sites (tertiary alicyclic amines) is 1. The Kier molecular flexibility index (Phi) is 7.72. The van der Waals surface area contributed by atoms with Crippen molar-refractivity contribution in [1.29, 1.82) is 5.41 Å². The summed E-state index contributed by atoms with van der Waals surface area (Å²) in [6.45, 7) is 4.83. The van der Waals surface area contributed by atoms with Crippen molar-refractivity contribution >= 4 is 50.3 Å². The molecule has 1 amide bonds. The average molecular weight is 577 g/mol. The van der Waals surface area contributed by atoms with Crippen molar-refractivity contribution in [1.82, 2.24) is 4.90 Å². The molecule has 0 bridgehead atoms. The molecule has 1 fully saturated rings. The summed E-state index contributed by atoms with van der Waals surface area (Å²) in [5, 5.41) is 9.44. The lowest BCUT2D eigenvalue weighted by molar-refractivity contribution is -0.137. The van der Waals surface area contributed by atoms with Crippen LogP contribution < -0.4 is 14.8 Å². The van der Waals surface area contributed by atoms with Crippen molar-refractivity contribution in [2.24, 2.45) is 5.73 Å². The minimum absolute atomic E-state index is 0.0303. The first-order valence-electron chi connectivity index (χ1n) is 13.4. The average Bonchev–Trinajstić information content (AvgIpc) is 2.94. The Balaban J connectivity index is 1.49. The van der Waals surface area contributed by atoms with Gasteiger partial charge in [-0.1, -0.05) is 18.2 Å². The summed E-state index contributed by atoms with van der Waals surface area (Å²) in [6, 6.07) is 15.7. The Bertz CT molecular complexity index is 1680. The maximum Gasteiger partial charge on any atom is 0.351 e. The Morgan fingerprint density at radius 2 is 1.76 bits per heavy atom. The number of amidine groups is 1. The minimum Gasteiger partial charge on any atom is -0.490 e. The van der Waals surface area contributed by atoms with Crippen LogP contribution in [0.3, 0.4) is 0 Å². The maximum atomic E-state index is 13.7. The molecule has 2 aliphatic rings. The fourth-order valence-corrected chi connectivity index (χ4v) is 6.69. The van der Waals surface area contributed by atoms with Crippen molar-refractivity contribution in [3.63, 3.8) is 0 Å². The van der Waals surface area contributed by atoms with Gasteiger partial charge in [0.15, 0.2) is 4.91 Å². The summed E-state index contributed by atoms with van der Waals surface area (Å²) < 4.78 is 40.0. The van der Waals surface area contributed by atoms with E-state index < -0.39 is 26.8 Å². The van der Waals surface area contributed by atoms with Gasteiger partial charge in [0.2, 0.25) is 5.91 Å². The molecular formula is C30H32N4O6S. The highest BCUT2D eigenvalue weighted by Gasteiger charge is 2.38. The van der Waals surface area contributed by atoms with Crippen molar-refractivity contribution in [2.75, 3.05) is 24.0 Å². The standard InChI is InChI=1S/C30H32N4O6S/c1-3-39-30(36)28-17-24-16-26(40-25-10-12-33(13-11-25)19(2)31)8-9-27(24)34(41(28,37)38)18-20-4-5-21-6-7-22(29(32)35)15-23(21)14-20/h4-9,14-17,25,31H,3,10-13,18H2,1-2H3,(H2,32,35). The van der Waals surface area contributed by atoms with Crippen molar-refractivity contribution in [2.45, 2.75) is 39.3 Å². The van der Waals surface area contributed by atoms with Gasteiger partial charge in [-0.3, -0.25) is 14.5 Å². The molecule has 3 aromatic carbocycles. The van der Waals surface area contributed by atoms with E-state index in [2.05, 4.69) is 0 Å². The number of amides is 1. The predicted molar refractivity (Wildman–Crippen MR) is 157 cm³/mol. The van der Waals surface area contributed by atoms with E-state index in [-0.39, 0.29) is 19.3 Å². The molecule has 214 valence electrons. The van der Waals surface area contributed by atoms with Gasteiger partial charge in [-0.2, -0.15) is 0 Å². The zero-order valence-corrected chi connectivity index (χ0v) is 23.7. The summed E-state index contributed by atoms with van der Waals surface area (Å²) in [4.78, 5) is 26.0. The van der Waals surface area contributed by atoms with Crippen molar-refractivity contribution in [3.8, 4) is 5.75 Å². The van der Waals surface area contributed by atoms with Crippen LogP contribution in [-0.4, -0.2) is 56.8 Å². The second-order valence-electron chi connectivity index (χ2n) is 10.1. The molecule has 11 heteroatoms. The third-order valence-corrected chi connectivity index (χ3v) is 9.08. The number of nitrogens with two attached hydrogens (primary N) is 1. The molecule has 0 atom stereocenters. The second-order valence-corrected chi connectivity index (χ2v) is 11.9. The van der Waals surface area contributed by atoms with Gasteiger partial charge in [0.05, 0.1) is 24.7 Å². The van der Waals surface area contributed by atoms with Gasteiger partial charge >= 0.3 is 5.97 Å². The van der Waals surface area contributed by atoms with E-state index >= 15 is 0 Å². The highest BCUT2D eigenvalue weighted by atomic mass is 32.2. The van der Waals surface area contributed by atoms with Crippen LogP contribution in [0.1, 0.15) is 48.2 Å². The third-order valence-electron chi connectivity index (χ3n) is 7.33. The SMILES string of the molecule is CCOC(=O)C1=Cc2cc(OC3CCN(C(C)=N)CC3)ccc2N(Cc2ccc3ccc(C(N)=O)cc3c2)S1(=O)=O. The van der Waals surface area contributed by atoms with Crippen LogP contribution >= 0.6 is 0 Å². The largest absolute Gasteiger partial charge is 0.490 e. The van der Waals surface area contributed by atoms with Gasteiger partial charge in [-0.25, -0.2) is 13.2 Å². The fraction of sp³-hybridized carbons (Fsp3) is 0.300. The van der Waals surface area contributed by atoms with E-state index in [0.29, 0.717) is 34.0 Å². The van der Waals surface area contributed by atoms with Gasteiger partial charge in [-0.15, -0.1) is 0 Å². The smallest absolute Gasteiger partial charge is 0.351 e. The fourth-order valence-electron chi connectivity index (χ4n) is 5.16. The quantitative estimate of drug-likeness (QED) is 0.246. The number of nitrogens with zero attached hydrogens (tertiary/aromatic N) is 2. The first-order chi connectivity index (χ1) is 19.6. The number of benzene rings is 3. The summed E-state index contributed by atoms with van der Waals surface area (Å²) in [5.74, 6) is -0.372. The second kappa shape index (κ2) is 11.2. The summed E-state index contributed by atoms with van der Waals surface area (Å²) >= 11 is 0. The number of ether oxygens (including phenoxy) is 2. The van der Waals surface area contributed by atoms with E-state index in [0.717, 1.165) is 36.7 Å². The van der Waals surface area contributed by atoms with Crippen LogP contribution in [0.5, 0.6) is 5.75 Å².